The summed E-state index contributed by atoms with van der Waals surface area (Å²) in [6.45, 7) is 3.34. The van der Waals surface area contributed by atoms with Gasteiger partial charge >= 0.3 is 0 Å². The molecule has 2 heterocycles. The zero-order valence-electron chi connectivity index (χ0n) is 16.5. The maximum atomic E-state index is 12.3. The van der Waals surface area contributed by atoms with Gasteiger partial charge in [0.2, 0.25) is 10.0 Å². The molecule has 9 heteroatoms. The van der Waals surface area contributed by atoms with E-state index >= 15 is 0 Å². The molecule has 1 fully saturated rings. The number of nitriles is 1. The van der Waals surface area contributed by atoms with E-state index in [9.17, 15) is 18.5 Å². The molecule has 0 atom stereocenters. The fraction of sp³-hybridized carbons (Fsp3) is 0.333. The zero-order chi connectivity index (χ0) is 21.6. The molecule has 1 saturated heterocycles. The Kier molecular flexibility index (Phi) is 7.05. The molecule has 3 N–H and O–H groups in total. The molecule has 1 amide bonds. The number of nitrogens with one attached hydrogen (secondary N) is 1. The van der Waals surface area contributed by atoms with E-state index in [1.54, 1.807) is 24.3 Å². The van der Waals surface area contributed by atoms with Crippen LogP contribution in [0.4, 0.5) is 0 Å². The second-order valence-corrected chi connectivity index (χ2v) is 8.66. The lowest BCUT2D eigenvalue weighted by Gasteiger charge is -2.26. The number of carbonyl (C=O) groups excluding carboxylic acids is 1. The normalized spacial score (nSPS) is 15.5. The van der Waals surface area contributed by atoms with Gasteiger partial charge < -0.3 is 14.6 Å². The van der Waals surface area contributed by atoms with Crippen molar-refractivity contribution < 1.29 is 17.6 Å². The Balaban J connectivity index is 1.62. The van der Waals surface area contributed by atoms with Crippen molar-refractivity contribution in [3.05, 3.63) is 47.7 Å². The molecule has 3 rings (SSSR count). The van der Waals surface area contributed by atoms with Gasteiger partial charge in [-0.25, -0.2) is 13.6 Å². The minimum Gasteiger partial charge on any atom is -0.457 e. The predicted octanol–water partition coefficient (Wildman–Crippen LogP) is 2.10. The van der Waals surface area contributed by atoms with Crippen LogP contribution in [0.1, 0.15) is 25.0 Å². The van der Waals surface area contributed by atoms with Crippen LogP contribution >= 0.6 is 0 Å². The zero-order valence-corrected chi connectivity index (χ0v) is 17.3. The Morgan fingerprint density at radius 2 is 1.87 bits per heavy atom. The number of furan rings is 1. The van der Waals surface area contributed by atoms with Crippen molar-refractivity contribution in [2.75, 3.05) is 26.2 Å². The van der Waals surface area contributed by atoms with Crippen molar-refractivity contribution >= 4 is 22.0 Å². The highest BCUT2D eigenvalue weighted by molar-refractivity contribution is 7.89. The van der Waals surface area contributed by atoms with Crippen molar-refractivity contribution in [1.29, 1.82) is 5.26 Å². The van der Waals surface area contributed by atoms with Crippen molar-refractivity contribution in [1.82, 2.24) is 10.2 Å². The Bertz CT molecular complexity index is 1060. The van der Waals surface area contributed by atoms with Gasteiger partial charge in [0.15, 0.2) is 0 Å². The first-order valence-corrected chi connectivity index (χ1v) is 11.3. The first-order chi connectivity index (χ1) is 14.4. The van der Waals surface area contributed by atoms with Crippen LogP contribution in [0.25, 0.3) is 17.4 Å². The molecule has 0 aliphatic carbocycles. The highest BCUT2D eigenvalue weighted by Gasteiger charge is 2.14. The van der Waals surface area contributed by atoms with Crippen LogP contribution in [0.2, 0.25) is 0 Å². The van der Waals surface area contributed by atoms with Crippen molar-refractivity contribution in [2.45, 2.75) is 24.2 Å². The molecule has 1 aromatic heterocycles. The first-order valence-electron chi connectivity index (χ1n) is 9.72. The van der Waals surface area contributed by atoms with Gasteiger partial charge in [0.25, 0.3) is 5.91 Å². The van der Waals surface area contributed by atoms with E-state index in [4.69, 9.17) is 9.56 Å². The number of likely N-dealkylation sites (tertiary alicyclic amines) is 1. The number of carbonyl (C=O) groups is 1. The van der Waals surface area contributed by atoms with E-state index in [0.717, 1.165) is 19.6 Å². The number of rotatable bonds is 7. The van der Waals surface area contributed by atoms with Crippen molar-refractivity contribution in [2.24, 2.45) is 5.14 Å². The van der Waals surface area contributed by atoms with Crippen LogP contribution in [0.15, 0.2) is 51.3 Å². The van der Waals surface area contributed by atoms with Gasteiger partial charge in [-0.15, -0.1) is 0 Å². The van der Waals surface area contributed by atoms with Crippen molar-refractivity contribution in [3.63, 3.8) is 0 Å². The molecular formula is C21H24N4O4S. The fourth-order valence-electron chi connectivity index (χ4n) is 3.29. The van der Waals surface area contributed by atoms with Crippen LogP contribution in [0.3, 0.4) is 0 Å². The van der Waals surface area contributed by atoms with Crippen LogP contribution < -0.4 is 10.5 Å². The lowest BCUT2D eigenvalue weighted by atomic mass is 10.1. The maximum Gasteiger partial charge on any atom is 0.262 e. The average Bonchev–Trinajstić information content (AvgIpc) is 3.21. The summed E-state index contributed by atoms with van der Waals surface area (Å²) in [6, 6.07) is 11.2. The molecule has 0 bridgehead atoms. The minimum absolute atomic E-state index is 0.00548. The van der Waals surface area contributed by atoms with Crippen molar-refractivity contribution in [3.8, 4) is 17.4 Å². The summed E-state index contributed by atoms with van der Waals surface area (Å²) < 4.78 is 28.4. The van der Waals surface area contributed by atoms with Crippen LogP contribution in [0.5, 0.6) is 0 Å². The second kappa shape index (κ2) is 9.71. The molecular weight excluding hydrogens is 404 g/mol. The summed E-state index contributed by atoms with van der Waals surface area (Å²) in [6.07, 6.45) is 5.01. The number of hydrogen-bond acceptors (Lipinski definition) is 6. The standard InChI is InChI=1S/C21H24N4O4S/c22-15-17(21(26)24-10-13-25-11-2-1-3-12-25)14-18-6-9-20(29-18)16-4-7-19(8-5-16)30(23,27)28/h4-9,14H,1-3,10-13H2,(H,24,26)(H2,23,27,28)/b17-14+. The second-order valence-electron chi connectivity index (χ2n) is 7.10. The Labute approximate surface area is 176 Å². The third kappa shape index (κ3) is 5.79. The number of primary sulfonamides is 1. The third-order valence-electron chi connectivity index (χ3n) is 4.91. The van der Waals surface area contributed by atoms with E-state index in [0.29, 0.717) is 23.6 Å². The van der Waals surface area contributed by atoms with Crippen LogP contribution in [-0.2, 0) is 14.8 Å². The molecule has 2 aromatic rings. The Hall–Kier alpha value is -2.93. The summed E-state index contributed by atoms with van der Waals surface area (Å²) in [7, 11) is -3.76. The summed E-state index contributed by atoms with van der Waals surface area (Å²) in [4.78, 5) is 14.6. The number of benzene rings is 1. The number of hydrogen-bond donors (Lipinski definition) is 2. The highest BCUT2D eigenvalue weighted by atomic mass is 32.2. The molecule has 30 heavy (non-hydrogen) atoms. The molecule has 0 saturated carbocycles. The molecule has 0 spiro atoms. The van der Waals surface area contributed by atoms with E-state index in [2.05, 4.69) is 10.2 Å². The smallest absolute Gasteiger partial charge is 0.262 e. The maximum absolute atomic E-state index is 12.3. The van der Waals surface area contributed by atoms with Gasteiger partial charge in [-0.1, -0.05) is 6.42 Å². The minimum atomic E-state index is -3.76. The lowest BCUT2D eigenvalue weighted by Crippen LogP contribution is -2.37. The van der Waals surface area contributed by atoms with Crippen LogP contribution in [-0.4, -0.2) is 45.4 Å². The molecule has 1 aliphatic rings. The van der Waals surface area contributed by atoms with Gasteiger partial charge in [-0.2, -0.15) is 5.26 Å². The molecule has 8 nitrogen and oxygen atoms in total. The summed E-state index contributed by atoms with van der Waals surface area (Å²) in [5.74, 6) is 0.387. The first kappa shape index (κ1) is 21.8. The number of nitrogens with zero attached hydrogens (tertiary/aromatic N) is 2. The Morgan fingerprint density at radius 1 is 1.17 bits per heavy atom. The largest absolute Gasteiger partial charge is 0.457 e. The lowest BCUT2D eigenvalue weighted by molar-refractivity contribution is -0.117. The molecule has 0 unspecified atom stereocenters. The number of nitrogens with two attached hydrogens (primary N) is 1. The summed E-state index contributed by atoms with van der Waals surface area (Å²) >= 11 is 0. The SMILES string of the molecule is N#C/C(=C\c1ccc(-c2ccc(S(N)(=O)=O)cc2)o1)C(=O)NCCN1CCCCC1. The number of amides is 1. The topological polar surface area (TPSA) is 129 Å². The average molecular weight is 429 g/mol. The van der Waals surface area contributed by atoms with E-state index in [1.807, 2.05) is 6.07 Å². The monoisotopic (exact) mass is 428 g/mol. The summed E-state index contributed by atoms with van der Waals surface area (Å²) in [5.41, 5.74) is 0.602. The molecule has 158 valence electrons. The fourth-order valence-corrected chi connectivity index (χ4v) is 3.81. The molecule has 0 radical (unpaired) electrons. The highest BCUT2D eigenvalue weighted by Crippen LogP contribution is 2.24. The van der Waals surface area contributed by atoms with Gasteiger partial charge in [0.05, 0.1) is 4.90 Å². The molecule has 1 aromatic carbocycles. The van der Waals surface area contributed by atoms with E-state index in [-0.39, 0.29) is 10.5 Å². The third-order valence-corrected chi connectivity index (χ3v) is 5.84. The predicted molar refractivity (Wildman–Crippen MR) is 112 cm³/mol. The van der Waals surface area contributed by atoms with Gasteiger partial charge in [0.1, 0.15) is 23.2 Å². The number of sulfonamides is 1. The summed E-state index contributed by atoms with van der Waals surface area (Å²) in [5, 5.41) is 17.2. The molecule has 1 aliphatic heterocycles. The van der Waals surface area contributed by atoms with E-state index in [1.165, 1.54) is 37.5 Å². The van der Waals surface area contributed by atoms with Crippen LogP contribution in [0, 0.1) is 11.3 Å². The van der Waals surface area contributed by atoms with Gasteiger partial charge in [0, 0.05) is 24.7 Å². The quantitative estimate of drug-likeness (QED) is 0.513. The number of piperidine rings is 1. The van der Waals surface area contributed by atoms with Gasteiger partial charge in [-0.3, -0.25) is 4.79 Å². The van der Waals surface area contributed by atoms with Gasteiger partial charge in [-0.05, 0) is 62.3 Å². The Morgan fingerprint density at radius 3 is 2.50 bits per heavy atom. The van der Waals surface area contributed by atoms with E-state index < -0.39 is 15.9 Å².